The minimum absolute atomic E-state index is 0.171. The molecule has 1 aromatic heterocycles. The van der Waals surface area contributed by atoms with E-state index in [1.54, 1.807) is 0 Å². The zero-order valence-corrected chi connectivity index (χ0v) is 8.32. The molecule has 0 N–H and O–H groups in total. The summed E-state index contributed by atoms with van der Waals surface area (Å²) in [7, 11) is 1.16. The summed E-state index contributed by atoms with van der Waals surface area (Å²) < 4.78 is 22.3. The fraction of sp³-hybridized carbons (Fsp3) is 0.0909. The zero-order valence-electron chi connectivity index (χ0n) is 8.32. The highest BCUT2D eigenvalue weighted by molar-refractivity contribution is 5.91. The van der Waals surface area contributed by atoms with Gasteiger partial charge in [0.05, 0.1) is 7.11 Å². The van der Waals surface area contributed by atoms with E-state index in [-0.39, 0.29) is 11.1 Å². The van der Waals surface area contributed by atoms with Gasteiger partial charge in [0, 0.05) is 0 Å². The summed E-state index contributed by atoms with van der Waals surface area (Å²) in [4.78, 5) is 22.6. The van der Waals surface area contributed by atoms with Crippen LogP contribution < -0.4 is 5.63 Å². The summed E-state index contributed by atoms with van der Waals surface area (Å²) in [5.41, 5.74) is -0.893. The number of hydrogen-bond donors (Lipinski definition) is 0. The molecule has 1 aromatic carbocycles. The largest absolute Gasteiger partial charge is 0.463 e. The van der Waals surface area contributed by atoms with Crippen molar-refractivity contribution in [3.05, 3.63) is 46.3 Å². The van der Waals surface area contributed by atoms with E-state index in [0.717, 1.165) is 13.2 Å². The van der Waals surface area contributed by atoms with Crippen molar-refractivity contribution in [1.82, 2.24) is 0 Å². The first-order valence-corrected chi connectivity index (χ1v) is 4.44. The van der Waals surface area contributed by atoms with Crippen LogP contribution in [0.5, 0.6) is 0 Å². The van der Waals surface area contributed by atoms with E-state index in [4.69, 9.17) is 0 Å². The molecule has 0 bridgehead atoms. The van der Waals surface area contributed by atoms with Crippen molar-refractivity contribution in [2.24, 2.45) is 0 Å². The van der Waals surface area contributed by atoms with Crippen molar-refractivity contribution in [2.45, 2.75) is 0 Å². The number of benzene rings is 1. The normalized spacial score (nSPS) is 10.4. The molecule has 0 aliphatic rings. The summed E-state index contributed by atoms with van der Waals surface area (Å²) in [6.07, 6.45) is 0. The highest BCUT2D eigenvalue weighted by Gasteiger charge is 2.14. The summed E-state index contributed by atoms with van der Waals surface area (Å²) in [6, 6.07) is 5.38. The van der Waals surface area contributed by atoms with Crippen molar-refractivity contribution in [3.63, 3.8) is 0 Å². The zero-order chi connectivity index (χ0) is 11.7. The van der Waals surface area contributed by atoms with Gasteiger partial charge < -0.3 is 9.15 Å². The molecule has 0 aliphatic heterocycles. The van der Waals surface area contributed by atoms with Crippen molar-refractivity contribution in [3.8, 4) is 0 Å². The van der Waals surface area contributed by atoms with E-state index in [2.05, 4.69) is 9.15 Å². The number of halogens is 1. The molecule has 0 spiro atoms. The predicted molar refractivity (Wildman–Crippen MR) is 53.8 cm³/mol. The van der Waals surface area contributed by atoms with Crippen LogP contribution in [-0.4, -0.2) is 13.1 Å². The van der Waals surface area contributed by atoms with Gasteiger partial charge in [-0.15, -0.1) is 0 Å². The highest BCUT2D eigenvalue weighted by atomic mass is 19.1. The van der Waals surface area contributed by atoms with E-state index in [1.165, 1.54) is 18.2 Å². The van der Waals surface area contributed by atoms with Crippen LogP contribution >= 0.6 is 0 Å². The molecule has 0 atom stereocenters. The van der Waals surface area contributed by atoms with Crippen LogP contribution in [0.25, 0.3) is 10.8 Å². The van der Waals surface area contributed by atoms with Crippen molar-refractivity contribution in [2.75, 3.05) is 7.11 Å². The third-order valence-corrected chi connectivity index (χ3v) is 2.13. The molecule has 82 valence electrons. The monoisotopic (exact) mass is 222 g/mol. The van der Waals surface area contributed by atoms with Crippen molar-refractivity contribution in [1.29, 1.82) is 0 Å². The highest BCUT2D eigenvalue weighted by Crippen LogP contribution is 2.15. The molecule has 1 heterocycles. The lowest BCUT2D eigenvalue weighted by Crippen LogP contribution is -2.09. The summed E-state index contributed by atoms with van der Waals surface area (Å²) in [5, 5.41) is 0.131. The molecular formula is C11H7FO4. The van der Waals surface area contributed by atoms with Gasteiger partial charge in [0.25, 0.3) is 0 Å². The van der Waals surface area contributed by atoms with Gasteiger partial charge in [-0.1, -0.05) is 12.1 Å². The first-order valence-electron chi connectivity index (χ1n) is 4.44. The van der Waals surface area contributed by atoms with Gasteiger partial charge in [0.1, 0.15) is 11.2 Å². The molecule has 0 saturated heterocycles. The molecule has 0 radical (unpaired) electrons. The fourth-order valence-corrected chi connectivity index (χ4v) is 1.40. The maximum Gasteiger partial charge on any atom is 0.374 e. The Hall–Kier alpha value is -2.17. The first-order chi connectivity index (χ1) is 7.63. The molecule has 0 amide bonds. The maximum absolute atomic E-state index is 13.3. The molecule has 0 aliphatic carbocycles. The molecule has 0 unspecified atom stereocenters. The van der Waals surface area contributed by atoms with Gasteiger partial charge in [-0.3, -0.25) is 0 Å². The Morgan fingerprint density at radius 1 is 1.44 bits per heavy atom. The second-order valence-corrected chi connectivity index (χ2v) is 3.09. The average Bonchev–Trinajstić information content (AvgIpc) is 2.27. The van der Waals surface area contributed by atoms with Gasteiger partial charge in [0.2, 0.25) is 5.76 Å². The second kappa shape index (κ2) is 3.77. The maximum atomic E-state index is 13.3. The SMILES string of the molecule is COC(=O)c1cc2cccc(F)c2c(=O)o1. The van der Waals surface area contributed by atoms with Crippen LogP contribution in [0.4, 0.5) is 4.39 Å². The molecule has 2 aromatic rings. The number of methoxy groups -OCH3 is 1. The van der Waals surface area contributed by atoms with Gasteiger partial charge >= 0.3 is 11.6 Å². The summed E-state index contributed by atoms with van der Waals surface area (Å²) >= 11 is 0. The molecule has 5 heteroatoms. The lowest BCUT2D eigenvalue weighted by Gasteiger charge is -2.00. The molecule has 2 rings (SSSR count). The predicted octanol–water partition coefficient (Wildman–Crippen LogP) is 1.72. The Morgan fingerprint density at radius 2 is 2.19 bits per heavy atom. The molecule has 0 fully saturated rings. The first kappa shape index (κ1) is 10.4. The van der Waals surface area contributed by atoms with Crippen LogP contribution in [0.15, 0.2) is 33.5 Å². The molecular weight excluding hydrogens is 215 g/mol. The topological polar surface area (TPSA) is 56.5 Å². The smallest absolute Gasteiger partial charge is 0.374 e. The summed E-state index contributed by atoms with van der Waals surface area (Å²) in [6.45, 7) is 0. The number of rotatable bonds is 1. The Balaban J connectivity index is 2.79. The van der Waals surface area contributed by atoms with Crippen molar-refractivity contribution >= 4 is 16.7 Å². The van der Waals surface area contributed by atoms with E-state index >= 15 is 0 Å². The molecule has 16 heavy (non-hydrogen) atoms. The standard InChI is InChI=1S/C11H7FO4/c1-15-10(13)8-5-6-3-2-4-7(12)9(6)11(14)16-8/h2-5H,1H3. The Kier molecular flexibility index (Phi) is 2.44. The van der Waals surface area contributed by atoms with E-state index < -0.39 is 17.4 Å². The molecule has 0 saturated carbocycles. The van der Waals surface area contributed by atoms with Gasteiger partial charge in [0.15, 0.2) is 0 Å². The van der Waals surface area contributed by atoms with E-state index in [0.29, 0.717) is 5.39 Å². The number of esters is 1. The Labute approximate surface area is 89.2 Å². The van der Waals surface area contributed by atoms with Gasteiger partial charge in [-0.25, -0.2) is 14.0 Å². The summed E-state index contributed by atoms with van der Waals surface area (Å²) in [5.74, 6) is -1.70. The van der Waals surface area contributed by atoms with Crippen LogP contribution in [0.3, 0.4) is 0 Å². The lowest BCUT2D eigenvalue weighted by atomic mass is 10.1. The number of carbonyl (C=O) groups is 1. The molecule has 4 nitrogen and oxygen atoms in total. The van der Waals surface area contributed by atoms with Crippen LogP contribution in [0, 0.1) is 5.82 Å². The quantitative estimate of drug-likeness (QED) is 0.689. The van der Waals surface area contributed by atoms with Crippen LogP contribution in [0.2, 0.25) is 0 Å². The van der Waals surface area contributed by atoms with Crippen LogP contribution in [-0.2, 0) is 4.74 Å². The van der Waals surface area contributed by atoms with Gasteiger partial charge in [-0.2, -0.15) is 0 Å². The second-order valence-electron chi connectivity index (χ2n) is 3.09. The third-order valence-electron chi connectivity index (χ3n) is 2.13. The number of ether oxygens (including phenoxy) is 1. The number of hydrogen-bond acceptors (Lipinski definition) is 4. The van der Waals surface area contributed by atoms with Crippen molar-refractivity contribution < 1.29 is 18.3 Å². The van der Waals surface area contributed by atoms with E-state index in [1.807, 2.05) is 0 Å². The number of carbonyl (C=O) groups excluding carboxylic acids is 1. The lowest BCUT2D eigenvalue weighted by molar-refractivity contribution is 0.0560. The van der Waals surface area contributed by atoms with Gasteiger partial charge in [-0.05, 0) is 17.5 Å². The minimum atomic E-state index is -0.893. The minimum Gasteiger partial charge on any atom is -0.463 e. The average molecular weight is 222 g/mol. The number of fused-ring (bicyclic) bond motifs is 1. The van der Waals surface area contributed by atoms with E-state index in [9.17, 15) is 14.0 Å². The van der Waals surface area contributed by atoms with Crippen LogP contribution in [0.1, 0.15) is 10.6 Å². The fourth-order valence-electron chi connectivity index (χ4n) is 1.40. The Bertz CT molecular complexity index is 615. The third kappa shape index (κ3) is 1.56. The Morgan fingerprint density at radius 3 is 2.88 bits per heavy atom.